The average molecular weight is 275 g/mol. The minimum atomic E-state index is -0.516. The maximum atomic E-state index is 9.97. The maximum absolute atomic E-state index is 9.97. The standard InChI is InChI=1S/C11H15BrO3/c1-11(2,6-13)9-7(12)4-5-8(15-3)10(9)14/h4-5,13-14H,6H2,1-3H3. The molecule has 0 atom stereocenters. The molecule has 3 nitrogen and oxygen atoms in total. The van der Waals surface area contributed by atoms with Gasteiger partial charge in [0.15, 0.2) is 11.5 Å². The zero-order valence-electron chi connectivity index (χ0n) is 9.04. The molecule has 15 heavy (non-hydrogen) atoms. The van der Waals surface area contributed by atoms with Crippen LogP contribution in [0, 0.1) is 0 Å². The van der Waals surface area contributed by atoms with E-state index in [1.165, 1.54) is 7.11 Å². The van der Waals surface area contributed by atoms with Gasteiger partial charge in [-0.15, -0.1) is 0 Å². The molecule has 0 heterocycles. The number of ether oxygens (including phenoxy) is 1. The second kappa shape index (κ2) is 4.41. The third-order valence-electron chi connectivity index (χ3n) is 2.38. The summed E-state index contributed by atoms with van der Waals surface area (Å²) < 4.78 is 5.79. The van der Waals surface area contributed by atoms with Gasteiger partial charge in [0.25, 0.3) is 0 Å². The van der Waals surface area contributed by atoms with E-state index < -0.39 is 5.41 Å². The number of hydrogen-bond donors (Lipinski definition) is 2. The lowest BCUT2D eigenvalue weighted by atomic mass is 9.85. The van der Waals surface area contributed by atoms with Crippen molar-refractivity contribution in [3.05, 3.63) is 22.2 Å². The van der Waals surface area contributed by atoms with Gasteiger partial charge in [0.1, 0.15) is 0 Å². The van der Waals surface area contributed by atoms with Crippen molar-refractivity contribution in [2.45, 2.75) is 19.3 Å². The number of aromatic hydroxyl groups is 1. The van der Waals surface area contributed by atoms with Gasteiger partial charge in [0.2, 0.25) is 0 Å². The number of phenols is 1. The van der Waals surface area contributed by atoms with Gasteiger partial charge in [-0.05, 0) is 12.1 Å². The first-order valence-electron chi connectivity index (χ1n) is 4.61. The molecule has 0 saturated carbocycles. The molecule has 0 aliphatic rings. The normalized spacial score (nSPS) is 11.5. The van der Waals surface area contributed by atoms with Crippen molar-refractivity contribution in [1.82, 2.24) is 0 Å². The van der Waals surface area contributed by atoms with Gasteiger partial charge < -0.3 is 14.9 Å². The molecule has 0 amide bonds. The smallest absolute Gasteiger partial charge is 0.162 e. The molecule has 0 aliphatic carbocycles. The molecule has 4 heteroatoms. The second-order valence-corrected chi connectivity index (χ2v) is 4.87. The molecule has 0 fully saturated rings. The van der Waals surface area contributed by atoms with E-state index in [1.54, 1.807) is 12.1 Å². The number of phenolic OH excluding ortho intramolecular Hbond substituents is 1. The van der Waals surface area contributed by atoms with Crippen molar-refractivity contribution in [1.29, 1.82) is 0 Å². The summed E-state index contributed by atoms with van der Waals surface area (Å²) in [6.45, 7) is 3.66. The van der Waals surface area contributed by atoms with E-state index in [2.05, 4.69) is 15.9 Å². The minimum Gasteiger partial charge on any atom is -0.504 e. The molecule has 0 spiro atoms. The van der Waals surface area contributed by atoms with Crippen molar-refractivity contribution in [2.75, 3.05) is 13.7 Å². The summed E-state index contributed by atoms with van der Waals surface area (Å²) in [6.07, 6.45) is 0. The molecule has 0 saturated heterocycles. The molecule has 0 unspecified atom stereocenters. The molecule has 1 aromatic carbocycles. The van der Waals surface area contributed by atoms with Gasteiger partial charge in [-0.3, -0.25) is 0 Å². The van der Waals surface area contributed by atoms with Crippen LogP contribution in [0.15, 0.2) is 16.6 Å². The zero-order valence-corrected chi connectivity index (χ0v) is 10.6. The lowest BCUT2D eigenvalue weighted by Crippen LogP contribution is -2.23. The monoisotopic (exact) mass is 274 g/mol. The summed E-state index contributed by atoms with van der Waals surface area (Å²) in [7, 11) is 1.50. The van der Waals surface area contributed by atoms with E-state index in [0.29, 0.717) is 11.3 Å². The summed E-state index contributed by atoms with van der Waals surface area (Å²) in [5.74, 6) is 0.487. The molecule has 2 N–H and O–H groups in total. The zero-order chi connectivity index (χ0) is 11.6. The van der Waals surface area contributed by atoms with Gasteiger partial charge in [-0.25, -0.2) is 0 Å². The Morgan fingerprint density at radius 2 is 2.00 bits per heavy atom. The van der Waals surface area contributed by atoms with Crippen molar-refractivity contribution in [3.8, 4) is 11.5 Å². The van der Waals surface area contributed by atoms with Crippen LogP contribution in [-0.2, 0) is 5.41 Å². The lowest BCUT2D eigenvalue weighted by molar-refractivity contribution is 0.213. The molecule has 1 aromatic rings. The Hall–Kier alpha value is -0.740. The molecule has 0 aromatic heterocycles. The van der Waals surface area contributed by atoms with Crippen LogP contribution in [0.4, 0.5) is 0 Å². The number of hydrogen-bond acceptors (Lipinski definition) is 3. The largest absolute Gasteiger partial charge is 0.504 e. The molecule has 84 valence electrons. The van der Waals surface area contributed by atoms with Crippen molar-refractivity contribution < 1.29 is 14.9 Å². The second-order valence-electron chi connectivity index (χ2n) is 4.02. The van der Waals surface area contributed by atoms with E-state index in [-0.39, 0.29) is 12.4 Å². The average Bonchev–Trinajstić information content (AvgIpc) is 2.18. The first-order chi connectivity index (χ1) is 6.94. The number of aliphatic hydroxyl groups excluding tert-OH is 1. The molecule has 0 bridgehead atoms. The predicted octanol–water partition coefficient (Wildman–Crippen LogP) is 2.43. The van der Waals surface area contributed by atoms with Crippen LogP contribution in [-0.4, -0.2) is 23.9 Å². The summed E-state index contributed by atoms with van der Waals surface area (Å²) in [4.78, 5) is 0. The van der Waals surface area contributed by atoms with Gasteiger partial charge in [0.05, 0.1) is 13.7 Å². The molecule has 1 rings (SSSR count). The van der Waals surface area contributed by atoms with Crippen LogP contribution in [0.3, 0.4) is 0 Å². The number of benzene rings is 1. The van der Waals surface area contributed by atoms with Crippen LogP contribution in [0.5, 0.6) is 11.5 Å². The van der Waals surface area contributed by atoms with Gasteiger partial charge >= 0.3 is 0 Å². The van der Waals surface area contributed by atoms with E-state index in [0.717, 1.165) is 4.47 Å². The van der Waals surface area contributed by atoms with Crippen LogP contribution >= 0.6 is 15.9 Å². The fraction of sp³-hybridized carbons (Fsp3) is 0.455. The summed E-state index contributed by atoms with van der Waals surface area (Å²) in [5, 5.41) is 19.3. The Bertz CT molecular complexity index is 361. The van der Waals surface area contributed by atoms with Crippen molar-refractivity contribution in [3.63, 3.8) is 0 Å². The molecule has 0 aliphatic heterocycles. The number of halogens is 1. The topological polar surface area (TPSA) is 49.7 Å². The highest BCUT2D eigenvalue weighted by Gasteiger charge is 2.27. The third kappa shape index (κ3) is 2.26. The molecular weight excluding hydrogens is 260 g/mol. The quantitative estimate of drug-likeness (QED) is 0.890. The predicted molar refractivity (Wildman–Crippen MR) is 62.5 cm³/mol. The van der Waals surface area contributed by atoms with Gasteiger partial charge in [-0.2, -0.15) is 0 Å². The Morgan fingerprint density at radius 1 is 1.40 bits per heavy atom. The van der Waals surface area contributed by atoms with Gasteiger partial charge in [0, 0.05) is 15.5 Å². The van der Waals surface area contributed by atoms with Crippen LogP contribution < -0.4 is 4.74 Å². The fourth-order valence-electron chi connectivity index (χ4n) is 1.43. The highest BCUT2D eigenvalue weighted by atomic mass is 79.9. The van der Waals surface area contributed by atoms with Crippen molar-refractivity contribution in [2.24, 2.45) is 0 Å². The number of methoxy groups -OCH3 is 1. The highest BCUT2D eigenvalue weighted by molar-refractivity contribution is 9.10. The van der Waals surface area contributed by atoms with Crippen molar-refractivity contribution >= 4 is 15.9 Å². The van der Waals surface area contributed by atoms with E-state index in [4.69, 9.17) is 4.74 Å². The Labute approximate surface area is 97.8 Å². The number of aliphatic hydroxyl groups is 1. The van der Waals surface area contributed by atoms with Gasteiger partial charge in [-0.1, -0.05) is 29.8 Å². The first-order valence-corrected chi connectivity index (χ1v) is 5.40. The van der Waals surface area contributed by atoms with Crippen LogP contribution in [0.1, 0.15) is 19.4 Å². The van der Waals surface area contributed by atoms with E-state index in [9.17, 15) is 10.2 Å². The number of rotatable bonds is 3. The van der Waals surface area contributed by atoms with Crippen LogP contribution in [0.25, 0.3) is 0 Å². The highest BCUT2D eigenvalue weighted by Crippen LogP contribution is 2.42. The van der Waals surface area contributed by atoms with E-state index in [1.807, 2.05) is 13.8 Å². The third-order valence-corrected chi connectivity index (χ3v) is 3.04. The minimum absolute atomic E-state index is 0.0493. The SMILES string of the molecule is COc1ccc(Br)c(C(C)(C)CO)c1O. The summed E-state index contributed by atoms with van der Waals surface area (Å²) in [6, 6.07) is 3.47. The molecule has 0 radical (unpaired) electrons. The fourth-order valence-corrected chi connectivity index (χ4v) is 2.29. The van der Waals surface area contributed by atoms with Crippen LogP contribution in [0.2, 0.25) is 0 Å². The Kier molecular flexibility index (Phi) is 3.62. The summed E-state index contributed by atoms with van der Waals surface area (Å²) in [5.41, 5.74) is 0.140. The lowest BCUT2D eigenvalue weighted by Gasteiger charge is -2.25. The van der Waals surface area contributed by atoms with E-state index >= 15 is 0 Å². The first kappa shape index (κ1) is 12.3. The molecular formula is C11H15BrO3. The Morgan fingerprint density at radius 3 is 2.47 bits per heavy atom. The summed E-state index contributed by atoms with van der Waals surface area (Å²) >= 11 is 3.36. The maximum Gasteiger partial charge on any atom is 0.162 e. The Balaban J connectivity index is 3.39.